The standard InChI is InChI=1S/C16H30O4/c1-5-6-13(17)10-19-16(18)20-15-9-12(4)7-8-14(15)11(2)3/h11-15,17H,5-10H2,1-4H3. The van der Waals surface area contributed by atoms with Gasteiger partial charge in [0.2, 0.25) is 0 Å². The molecule has 0 heterocycles. The predicted molar refractivity (Wildman–Crippen MR) is 78.5 cm³/mol. The van der Waals surface area contributed by atoms with Crippen LogP contribution in [0.15, 0.2) is 0 Å². The zero-order chi connectivity index (χ0) is 15.1. The molecule has 0 saturated heterocycles. The second-order valence-electron chi connectivity index (χ2n) is 6.49. The number of carbonyl (C=O) groups is 1. The topological polar surface area (TPSA) is 55.8 Å². The van der Waals surface area contributed by atoms with Gasteiger partial charge in [-0.25, -0.2) is 4.79 Å². The van der Waals surface area contributed by atoms with E-state index in [0.717, 1.165) is 19.3 Å². The third-order valence-electron chi connectivity index (χ3n) is 4.22. The Hall–Kier alpha value is -0.770. The van der Waals surface area contributed by atoms with E-state index in [9.17, 15) is 9.90 Å². The number of ether oxygens (including phenoxy) is 2. The fourth-order valence-electron chi connectivity index (χ4n) is 2.99. The van der Waals surface area contributed by atoms with E-state index in [2.05, 4.69) is 20.8 Å². The Bertz CT molecular complexity index is 290. The van der Waals surface area contributed by atoms with Crippen molar-refractivity contribution < 1.29 is 19.4 Å². The van der Waals surface area contributed by atoms with Gasteiger partial charge in [-0.05, 0) is 37.0 Å². The van der Waals surface area contributed by atoms with Crippen molar-refractivity contribution in [1.82, 2.24) is 0 Å². The molecule has 0 spiro atoms. The molecule has 0 amide bonds. The summed E-state index contributed by atoms with van der Waals surface area (Å²) >= 11 is 0. The molecule has 0 aromatic heterocycles. The van der Waals surface area contributed by atoms with Crippen molar-refractivity contribution >= 4 is 6.16 Å². The first kappa shape index (κ1) is 17.3. The Balaban J connectivity index is 2.41. The Morgan fingerprint density at radius 2 is 2.05 bits per heavy atom. The molecule has 118 valence electrons. The summed E-state index contributed by atoms with van der Waals surface area (Å²) in [5.74, 6) is 1.51. The van der Waals surface area contributed by atoms with Crippen LogP contribution in [0.1, 0.15) is 59.8 Å². The molecule has 1 fully saturated rings. The summed E-state index contributed by atoms with van der Waals surface area (Å²) < 4.78 is 10.5. The van der Waals surface area contributed by atoms with E-state index in [1.807, 2.05) is 6.92 Å². The second-order valence-corrected chi connectivity index (χ2v) is 6.49. The molecule has 1 aliphatic carbocycles. The quantitative estimate of drug-likeness (QED) is 0.755. The van der Waals surface area contributed by atoms with Crippen LogP contribution in [-0.4, -0.2) is 30.1 Å². The molecule has 4 atom stereocenters. The summed E-state index contributed by atoms with van der Waals surface area (Å²) in [6.07, 6.45) is 3.47. The number of hydrogen-bond donors (Lipinski definition) is 1. The smallest absolute Gasteiger partial charge is 0.432 e. The van der Waals surface area contributed by atoms with Crippen LogP contribution in [0.25, 0.3) is 0 Å². The van der Waals surface area contributed by atoms with Crippen LogP contribution in [0.2, 0.25) is 0 Å². The first-order chi connectivity index (χ1) is 9.43. The maximum atomic E-state index is 11.7. The van der Waals surface area contributed by atoms with Crippen LogP contribution in [0.4, 0.5) is 4.79 Å². The fourth-order valence-corrected chi connectivity index (χ4v) is 2.99. The summed E-state index contributed by atoms with van der Waals surface area (Å²) in [4.78, 5) is 11.7. The van der Waals surface area contributed by atoms with Gasteiger partial charge in [-0.3, -0.25) is 0 Å². The van der Waals surface area contributed by atoms with E-state index < -0.39 is 12.3 Å². The average Bonchev–Trinajstić information content (AvgIpc) is 2.36. The van der Waals surface area contributed by atoms with Crippen molar-refractivity contribution in [3.8, 4) is 0 Å². The zero-order valence-corrected chi connectivity index (χ0v) is 13.3. The number of aliphatic hydroxyl groups is 1. The summed E-state index contributed by atoms with van der Waals surface area (Å²) in [6.45, 7) is 8.56. The van der Waals surface area contributed by atoms with E-state index >= 15 is 0 Å². The van der Waals surface area contributed by atoms with Gasteiger partial charge in [0, 0.05) is 0 Å². The van der Waals surface area contributed by atoms with Gasteiger partial charge >= 0.3 is 6.16 Å². The molecule has 4 unspecified atom stereocenters. The van der Waals surface area contributed by atoms with Crippen LogP contribution >= 0.6 is 0 Å². The minimum Gasteiger partial charge on any atom is -0.432 e. The maximum absolute atomic E-state index is 11.7. The maximum Gasteiger partial charge on any atom is 0.508 e. The zero-order valence-electron chi connectivity index (χ0n) is 13.3. The van der Waals surface area contributed by atoms with Crippen molar-refractivity contribution in [3.63, 3.8) is 0 Å². The molecule has 4 nitrogen and oxygen atoms in total. The average molecular weight is 286 g/mol. The highest BCUT2D eigenvalue weighted by atomic mass is 16.7. The van der Waals surface area contributed by atoms with E-state index in [0.29, 0.717) is 24.2 Å². The van der Waals surface area contributed by atoms with Gasteiger partial charge in [0.1, 0.15) is 12.7 Å². The lowest BCUT2D eigenvalue weighted by atomic mass is 9.75. The highest BCUT2D eigenvalue weighted by molar-refractivity contribution is 5.60. The molecule has 1 rings (SSSR count). The van der Waals surface area contributed by atoms with Crippen LogP contribution in [0.3, 0.4) is 0 Å². The highest BCUT2D eigenvalue weighted by Crippen LogP contribution is 2.35. The number of rotatable bonds is 6. The highest BCUT2D eigenvalue weighted by Gasteiger charge is 2.33. The molecule has 1 N–H and O–H groups in total. The summed E-state index contributed by atoms with van der Waals surface area (Å²) in [5.41, 5.74) is 0. The van der Waals surface area contributed by atoms with Crippen LogP contribution < -0.4 is 0 Å². The first-order valence-electron chi connectivity index (χ1n) is 7.95. The van der Waals surface area contributed by atoms with Gasteiger partial charge in [0.25, 0.3) is 0 Å². The predicted octanol–water partition coefficient (Wildman–Crippen LogP) is 3.76. The van der Waals surface area contributed by atoms with Crippen LogP contribution in [-0.2, 0) is 9.47 Å². The van der Waals surface area contributed by atoms with E-state index in [1.165, 1.54) is 6.42 Å². The molecule has 4 heteroatoms. The number of hydrogen-bond acceptors (Lipinski definition) is 4. The lowest BCUT2D eigenvalue weighted by Gasteiger charge is -2.36. The molecule has 0 radical (unpaired) electrons. The van der Waals surface area contributed by atoms with Gasteiger partial charge in [0.05, 0.1) is 6.10 Å². The van der Waals surface area contributed by atoms with Gasteiger partial charge in [-0.1, -0.05) is 40.5 Å². The fraction of sp³-hybridized carbons (Fsp3) is 0.938. The minimum absolute atomic E-state index is 0.0291. The Labute approximate surface area is 122 Å². The van der Waals surface area contributed by atoms with Crippen LogP contribution in [0, 0.1) is 17.8 Å². The number of aliphatic hydroxyl groups excluding tert-OH is 1. The molecule has 1 saturated carbocycles. The summed E-state index contributed by atoms with van der Waals surface area (Å²) in [5, 5.41) is 9.55. The van der Waals surface area contributed by atoms with Crippen molar-refractivity contribution in [1.29, 1.82) is 0 Å². The molecule has 1 aliphatic rings. The molecule has 0 aliphatic heterocycles. The summed E-state index contributed by atoms with van der Waals surface area (Å²) in [7, 11) is 0. The lowest BCUT2D eigenvalue weighted by molar-refractivity contribution is -0.0433. The monoisotopic (exact) mass is 286 g/mol. The normalized spacial score (nSPS) is 28.2. The third-order valence-corrected chi connectivity index (χ3v) is 4.22. The third kappa shape index (κ3) is 5.70. The molecule has 0 bridgehead atoms. The van der Waals surface area contributed by atoms with Gasteiger partial charge < -0.3 is 14.6 Å². The molecule has 0 aromatic rings. The first-order valence-corrected chi connectivity index (χ1v) is 7.95. The molecular formula is C16H30O4. The largest absolute Gasteiger partial charge is 0.508 e. The van der Waals surface area contributed by atoms with Crippen molar-refractivity contribution in [2.75, 3.05) is 6.61 Å². The SMILES string of the molecule is CCCC(O)COC(=O)OC1CC(C)CCC1C(C)C. The van der Waals surface area contributed by atoms with E-state index in [-0.39, 0.29) is 12.7 Å². The Morgan fingerprint density at radius 1 is 1.35 bits per heavy atom. The minimum atomic E-state index is -0.634. The Morgan fingerprint density at radius 3 is 2.65 bits per heavy atom. The molecule has 20 heavy (non-hydrogen) atoms. The van der Waals surface area contributed by atoms with Crippen LogP contribution in [0.5, 0.6) is 0 Å². The van der Waals surface area contributed by atoms with Crippen molar-refractivity contribution in [2.45, 2.75) is 72.0 Å². The van der Waals surface area contributed by atoms with E-state index in [4.69, 9.17) is 9.47 Å². The van der Waals surface area contributed by atoms with Crippen molar-refractivity contribution in [2.24, 2.45) is 17.8 Å². The van der Waals surface area contributed by atoms with Gasteiger partial charge in [-0.2, -0.15) is 0 Å². The lowest BCUT2D eigenvalue weighted by Crippen LogP contribution is -2.36. The molecule has 0 aromatic carbocycles. The van der Waals surface area contributed by atoms with Crippen molar-refractivity contribution in [3.05, 3.63) is 0 Å². The van der Waals surface area contributed by atoms with E-state index in [1.54, 1.807) is 0 Å². The molecular weight excluding hydrogens is 256 g/mol. The number of carbonyl (C=O) groups excluding carboxylic acids is 1. The van der Waals surface area contributed by atoms with Gasteiger partial charge in [-0.15, -0.1) is 0 Å². The summed E-state index contributed by atoms with van der Waals surface area (Å²) in [6, 6.07) is 0. The van der Waals surface area contributed by atoms with Gasteiger partial charge in [0.15, 0.2) is 0 Å². The Kier molecular flexibility index (Phi) is 7.35. The second kappa shape index (κ2) is 8.50.